The largest absolute Gasteiger partial charge is 0.368 e. The monoisotopic (exact) mass is 274 g/mol. The molecule has 0 saturated carbocycles. The number of hydrogen-bond acceptors (Lipinski definition) is 5. The summed E-state index contributed by atoms with van der Waals surface area (Å²) in [5, 5.41) is 3.43. The van der Waals surface area contributed by atoms with E-state index < -0.39 is 5.91 Å². The van der Waals surface area contributed by atoms with Crippen molar-refractivity contribution < 1.29 is 4.79 Å². The minimum absolute atomic E-state index is 0.0779. The van der Waals surface area contributed by atoms with Crippen molar-refractivity contribution >= 4 is 28.6 Å². The van der Waals surface area contributed by atoms with Gasteiger partial charge in [-0.05, 0) is 5.56 Å². The summed E-state index contributed by atoms with van der Waals surface area (Å²) in [6.45, 7) is 0.0779. The number of nitrogens with two attached hydrogens (primary N) is 1. The molecule has 0 fully saturated rings. The van der Waals surface area contributed by atoms with Crippen molar-refractivity contribution in [3.05, 3.63) is 47.8 Å². The fraction of sp³-hybridized carbons (Fsp3) is 0.154. The predicted octanol–water partition coefficient (Wildman–Crippen LogP) is 1.69. The number of hydrogen-bond donors (Lipinski definition) is 2. The molecule has 0 atom stereocenters. The summed E-state index contributed by atoms with van der Waals surface area (Å²) in [6, 6.07) is 10.0. The smallest absolute Gasteiger partial charge is 0.236 e. The molecule has 19 heavy (non-hydrogen) atoms. The van der Waals surface area contributed by atoms with Crippen LogP contribution in [-0.2, 0) is 11.2 Å². The second kappa shape index (κ2) is 6.65. The van der Waals surface area contributed by atoms with Crippen LogP contribution in [0.1, 0.15) is 11.4 Å². The first-order valence-corrected chi connectivity index (χ1v) is 6.58. The quantitative estimate of drug-likeness (QED) is 0.840. The zero-order chi connectivity index (χ0) is 13.5. The average molecular weight is 274 g/mol. The molecular weight excluding hydrogens is 260 g/mol. The minimum Gasteiger partial charge on any atom is -0.368 e. The van der Waals surface area contributed by atoms with Crippen molar-refractivity contribution in [2.75, 3.05) is 11.9 Å². The van der Waals surface area contributed by atoms with Gasteiger partial charge >= 0.3 is 0 Å². The number of nitrogens with zero attached hydrogens (tertiary/aromatic N) is 2. The van der Waals surface area contributed by atoms with Crippen LogP contribution < -0.4 is 11.1 Å². The van der Waals surface area contributed by atoms with Gasteiger partial charge in [0.1, 0.15) is 5.82 Å². The van der Waals surface area contributed by atoms with Gasteiger partial charge in [0, 0.05) is 18.0 Å². The lowest BCUT2D eigenvalue weighted by atomic mass is 10.2. The van der Waals surface area contributed by atoms with E-state index in [9.17, 15) is 4.79 Å². The van der Waals surface area contributed by atoms with Crippen LogP contribution in [0.5, 0.6) is 0 Å². The fourth-order valence-electron chi connectivity index (χ4n) is 1.44. The molecule has 98 valence electrons. The summed E-state index contributed by atoms with van der Waals surface area (Å²) >= 11 is 1.22. The number of anilines is 1. The van der Waals surface area contributed by atoms with E-state index in [1.807, 2.05) is 42.5 Å². The highest BCUT2D eigenvalue weighted by molar-refractivity contribution is 7.09. The van der Waals surface area contributed by atoms with E-state index in [2.05, 4.69) is 14.7 Å². The lowest BCUT2D eigenvalue weighted by Crippen LogP contribution is -2.21. The summed E-state index contributed by atoms with van der Waals surface area (Å²) in [7, 11) is 0. The summed E-state index contributed by atoms with van der Waals surface area (Å²) in [5.41, 5.74) is 6.18. The first-order valence-electron chi connectivity index (χ1n) is 5.80. The van der Waals surface area contributed by atoms with Crippen molar-refractivity contribution in [2.24, 2.45) is 5.73 Å². The van der Waals surface area contributed by atoms with Crippen LogP contribution in [-0.4, -0.2) is 21.8 Å². The molecule has 3 N–H and O–H groups in total. The summed E-state index contributed by atoms with van der Waals surface area (Å²) in [5.74, 6) is 0.310. The van der Waals surface area contributed by atoms with Crippen LogP contribution in [0.2, 0.25) is 0 Å². The molecule has 0 radical (unpaired) electrons. The van der Waals surface area contributed by atoms with Crippen molar-refractivity contribution in [3.8, 4) is 0 Å². The van der Waals surface area contributed by atoms with Gasteiger partial charge in [-0.2, -0.15) is 4.37 Å². The molecule has 0 aliphatic rings. The Balaban J connectivity index is 1.86. The number of carbonyl (C=O) groups is 1. The second-order valence-electron chi connectivity index (χ2n) is 3.85. The number of aromatic nitrogens is 2. The number of nitrogens with one attached hydrogen (secondary N) is 1. The molecule has 1 aromatic heterocycles. The zero-order valence-corrected chi connectivity index (χ0v) is 11.1. The summed E-state index contributed by atoms with van der Waals surface area (Å²) < 4.78 is 4.19. The van der Waals surface area contributed by atoms with E-state index in [0.29, 0.717) is 11.6 Å². The molecule has 6 heteroatoms. The molecule has 1 amide bonds. The molecule has 0 saturated heterocycles. The molecular formula is C13H14N4OS. The van der Waals surface area contributed by atoms with Gasteiger partial charge in [0.15, 0.2) is 0 Å². The Hall–Kier alpha value is -2.21. The van der Waals surface area contributed by atoms with E-state index in [-0.39, 0.29) is 6.54 Å². The van der Waals surface area contributed by atoms with Gasteiger partial charge in [-0.1, -0.05) is 42.5 Å². The summed E-state index contributed by atoms with van der Waals surface area (Å²) in [6.07, 6.45) is 4.69. The lowest BCUT2D eigenvalue weighted by Gasteiger charge is -1.95. The molecule has 0 spiro atoms. The molecule has 2 rings (SSSR count). The number of amides is 1. The van der Waals surface area contributed by atoms with Crippen LogP contribution in [0.25, 0.3) is 6.08 Å². The third-order valence-corrected chi connectivity index (χ3v) is 3.00. The van der Waals surface area contributed by atoms with E-state index in [1.54, 1.807) is 0 Å². The number of benzene rings is 1. The Morgan fingerprint density at radius 2 is 2.16 bits per heavy atom. The van der Waals surface area contributed by atoms with Crippen LogP contribution in [0.15, 0.2) is 36.4 Å². The van der Waals surface area contributed by atoms with E-state index in [4.69, 9.17) is 5.73 Å². The van der Waals surface area contributed by atoms with Crippen molar-refractivity contribution in [3.63, 3.8) is 0 Å². The maximum atomic E-state index is 10.6. The van der Waals surface area contributed by atoms with Crippen LogP contribution in [0.3, 0.4) is 0 Å². The van der Waals surface area contributed by atoms with Crippen molar-refractivity contribution in [1.29, 1.82) is 0 Å². The third-order valence-electron chi connectivity index (χ3n) is 2.29. The van der Waals surface area contributed by atoms with Crippen LogP contribution >= 0.6 is 11.5 Å². The fourth-order valence-corrected chi connectivity index (χ4v) is 2.03. The Labute approximate surface area is 115 Å². The first-order chi connectivity index (χ1) is 9.24. The lowest BCUT2D eigenvalue weighted by molar-refractivity contribution is -0.116. The molecule has 0 bridgehead atoms. The molecule has 0 aliphatic carbocycles. The highest BCUT2D eigenvalue weighted by atomic mass is 32.1. The molecule has 2 aromatic rings. The van der Waals surface area contributed by atoms with Crippen molar-refractivity contribution in [1.82, 2.24) is 9.36 Å². The zero-order valence-electron chi connectivity index (χ0n) is 10.2. The van der Waals surface area contributed by atoms with Crippen LogP contribution in [0, 0.1) is 0 Å². The Morgan fingerprint density at radius 1 is 1.37 bits per heavy atom. The Morgan fingerprint density at radius 3 is 2.89 bits per heavy atom. The SMILES string of the molecule is NC(=O)CNc1nc(C/C=C/c2ccccc2)ns1. The topological polar surface area (TPSA) is 80.9 Å². The van der Waals surface area contributed by atoms with Gasteiger partial charge in [-0.25, -0.2) is 4.98 Å². The third kappa shape index (κ3) is 4.51. The molecule has 5 nitrogen and oxygen atoms in total. The van der Waals surface area contributed by atoms with E-state index in [0.717, 1.165) is 11.4 Å². The highest BCUT2D eigenvalue weighted by Crippen LogP contribution is 2.11. The van der Waals surface area contributed by atoms with Gasteiger partial charge in [-0.3, -0.25) is 4.79 Å². The average Bonchev–Trinajstić information content (AvgIpc) is 2.86. The molecule has 0 aliphatic heterocycles. The number of primary amides is 1. The number of allylic oxidation sites excluding steroid dienone is 1. The predicted molar refractivity (Wildman–Crippen MR) is 76.8 cm³/mol. The highest BCUT2D eigenvalue weighted by Gasteiger charge is 2.02. The van der Waals surface area contributed by atoms with Gasteiger partial charge in [-0.15, -0.1) is 0 Å². The van der Waals surface area contributed by atoms with E-state index in [1.165, 1.54) is 11.5 Å². The maximum Gasteiger partial charge on any atom is 0.236 e. The Bertz CT molecular complexity index is 565. The maximum absolute atomic E-state index is 10.6. The number of carbonyl (C=O) groups excluding carboxylic acids is 1. The first kappa shape index (κ1) is 13.2. The standard InChI is InChI=1S/C13H14N4OS/c14-11(18)9-15-13-16-12(17-19-13)8-4-7-10-5-2-1-3-6-10/h1-7H,8-9H2,(H2,14,18)(H,15,16,17)/b7-4+. The van der Waals surface area contributed by atoms with Crippen LogP contribution in [0.4, 0.5) is 5.13 Å². The van der Waals surface area contributed by atoms with E-state index >= 15 is 0 Å². The second-order valence-corrected chi connectivity index (χ2v) is 4.60. The molecule has 0 unspecified atom stereocenters. The molecule has 1 aromatic carbocycles. The minimum atomic E-state index is -0.416. The Kier molecular flexibility index (Phi) is 4.63. The van der Waals surface area contributed by atoms with Gasteiger partial charge in [0.25, 0.3) is 0 Å². The summed E-state index contributed by atoms with van der Waals surface area (Å²) in [4.78, 5) is 14.9. The van der Waals surface area contributed by atoms with Gasteiger partial charge < -0.3 is 11.1 Å². The van der Waals surface area contributed by atoms with Crippen molar-refractivity contribution in [2.45, 2.75) is 6.42 Å². The molecule has 1 heterocycles. The van der Waals surface area contributed by atoms with Gasteiger partial charge in [0.2, 0.25) is 11.0 Å². The van der Waals surface area contributed by atoms with Gasteiger partial charge in [0.05, 0.1) is 6.54 Å². The normalized spacial score (nSPS) is 10.7. The number of rotatable bonds is 6.